The number of aromatic nitrogens is 3. The molecule has 36 heavy (non-hydrogen) atoms. The predicted octanol–water partition coefficient (Wildman–Crippen LogP) is 7.04. The van der Waals surface area contributed by atoms with Gasteiger partial charge in [-0.1, -0.05) is 19.1 Å². The third-order valence-electron chi connectivity index (χ3n) is 7.37. The van der Waals surface area contributed by atoms with Crippen molar-refractivity contribution in [3.63, 3.8) is 0 Å². The van der Waals surface area contributed by atoms with Gasteiger partial charge in [-0.25, -0.2) is 15.0 Å². The first-order chi connectivity index (χ1) is 17.6. The first-order valence-corrected chi connectivity index (χ1v) is 13.4. The maximum absolute atomic E-state index is 6.28. The van der Waals surface area contributed by atoms with Crippen LogP contribution in [-0.2, 0) is 12.8 Å². The van der Waals surface area contributed by atoms with Crippen LogP contribution in [0.1, 0.15) is 30.4 Å². The zero-order valence-electron chi connectivity index (χ0n) is 20.8. The van der Waals surface area contributed by atoms with Crippen molar-refractivity contribution in [1.29, 1.82) is 0 Å². The van der Waals surface area contributed by atoms with Gasteiger partial charge in [0.2, 0.25) is 0 Å². The zero-order chi connectivity index (χ0) is 24.6. The monoisotopic (exact) mass is 495 g/mol. The van der Waals surface area contributed by atoms with Gasteiger partial charge in [-0.05, 0) is 91.1 Å². The number of thiazole rings is 1. The molecule has 5 aromatic rings. The molecule has 182 valence electrons. The molecule has 0 bridgehead atoms. The van der Waals surface area contributed by atoms with Crippen LogP contribution in [0.4, 0.5) is 0 Å². The number of rotatable bonds is 4. The summed E-state index contributed by atoms with van der Waals surface area (Å²) in [7, 11) is 1.69. The van der Waals surface area contributed by atoms with E-state index in [2.05, 4.69) is 59.4 Å². The molecule has 0 saturated heterocycles. The van der Waals surface area contributed by atoms with Crippen LogP contribution in [0.2, 0.25) is 0 Å². The third kappa shape index (κ3) is 4.42. The molecule has 0 radical (unpaired) electrons. The lowest BCUT2D eigenvalue weighted by Gasteiger charge is -2.28. The Bertz CT molecular complexity index is 1560. The molecule has 6 heteroatoms. The highest BCUT2D eigenvalue weighted by molar-refractivity contribution is 7.16. The number of ether oxygens (including phenoxy) is 2. The van der Waals surface area contributed by atoms with Crippen molar-refractivity contribution in [3.8, 4) is 22.6 Å². The average Bonchev–Trinajstić information content (AvgIpc) is 3.35. The van der Waals surface area contributed by atoms with Gasteiger partial charge in [-0.2, -0.15) is 0 Å². The van der Waals surface area contributed by atoms with E-state index < -0.39 is 0 Å². The Morgan fingerprint density at radius 3 is 2.75 bits per heavy atom. The molecule has 6 rings (SSSR count). The smallest absolute Gasteiger partial charge is 0.126 e. The second-order valence-electron chi connectivity index (χ2n) is 9.74. The maximum Gasteiger partial charge on any atom is 0.126 e. The summed E-state index contributed by atoms with van der Waals surface area (Å²) < 4.78 is 12.9. The summed E-state index contributed by atoms with van der Waals surface area (Å²) in [5, 5.41) is 1.11. The molecule has 2 aromatic heterocycles. The minimum Gasteiger partial charge on any atom is -0.497 e. The normalized spacial score (nSPS) is 17.9. The summed E-state index contributed by atoms with van der Waals surface area (Å²) in [6, 6.07) is 19.2. The number of fused-ring (bicyclic) bond motifs is 3. The second kappa shape index (κ2) is 9.51. The van der Waals surface area contributed by atoms with Crippen molar-refractivity contribution < 1.29 is 9.47 Å². The summed E-state index contributed by atoms with van der Waals surface area (Å²) in [6.45, 7) is 5.05. The molecular weight excluding hydrogens is 466 g/mol. The number of methoxy groups -OCH3 is 1. The van der Waals surface area contributed by atoms with Crippen molar-refractivity contribution in [2.24, 2.45) is 11.8 Å². The Kier molecular flexibility index (Phi) is 6.05. The third-order valence-corrected chi connectivity index (χ3v) is 8.16. The van der Waals surface area contributed by atoms with E-state index in [0.717, 1.165) is 58.7 Å². The fourth-order valence-corrected chi connectivity index (χ4v) is 6.07. The van der Waals surface area contributed by atoms with Crippen LogP contribution >= 0.6 is 11.3 Å². The standard InChI is InChI=1S/C30H29N3O2S/c1-18-12-23-13-21(22-4-8-26-30(15-22)36-17-31-26)5-9-29(23)35-11-10-20(18)14-27-25-7-6-24(34-3)16-28(25)33-19(2)32-27/h4-9,13,15-18,20H,10-12,14H2,1-3H3. The number of aryl methyl sites for hydroxylation is 1. The quantitative estimate of drug-likeness (QED) is 0.268. The fourth-order valence-electron chi connectivity index (χ4n) is 5.35. The molecule has 1 aliphatic heterocycles. The predicted molar refractivity (Wildman–Crippen MR) is 146 cm³/mol. The van der Waals surface area contributed by atoms with Gasteiger partial charge in [0.15, 0.2) is 0 Å². The number of benzene rings is 3. The highest BCUT2D eigenvalue weighted by Crippen LogP contribution is 2.36. The van der Waals surface area contributed by atoms with Crippen molar-refractivity contribution >= 4 is 32.5 Å². The lowest BCUT2D eigenvalue weighted by atomic mass is 9.81. The molecule has 3 aromatic carbocycles. The Morgan fingerprint density at radius 1 is 1.00 bits per heavy atom. The van der Waals surface area contributed by atoms with Gasteiger partial charge in [0.25, 0.3) is 0 Å². The van der Waals surface area contributed by atoms with Crippen molar-refractivity contribution in [2.75, 3.05) is 13.7 Å². The first-order valence-electron chi connectivity index (χ1n) is 12.5. The molecule has 5 nitrogen and oxygen atoms in total. The number of hydrogen-bond donors (Lipinski definition) is 0. The molecule has 0 spiro atoms. The zero-order valence-corrected chi connectivity index (χ0v) is 21.6. The molecule has 2 atom stereocenters. The van der Waals surface area contributed by atoms with Crippen molar-refractivity contribution in [1.82, 2.24) is 15.0 Å². The van der Waals surface area contributed by atoms with Gasteiger partial charge < -0.3 is 9.47 Å². The van der Waals surface area contributed by atoms with Crippen molar-refractivity contribution in [3.05, 3.63) is 77.2 Å². The van der Waals surface area contributed by atoms with Crippen LogP contribution in [0.25, 0.3) is 32.2 Å². The van der Waals surface area contributed by atoms with Crippen LogP contribution in [0.3, 0.4) is 0 Å². The van der Waals surface area contributed by atoms with Gasteiger partial charge in [0.05, 0.1) is 40.7 Å². The Labute approximate surface area is 215 Å². The Balaban J connectivity index is 1.28. The molecular formula is C30H29N3O2S. The van der Waals surface area contributed by atoms with Crippen molar-refractivity contribution in [2.45, 2.75) is 33.1 Å². The van der Waals surface area contributed by atoms with E-state index in [1.807, 2.05) is 24.6 Å². The van der Waals surface area contributed by atoms with Crippen LogP contribution in [0.5, 0.6) is 11.5 Å². The van der Waals surface area contributed by atoms with Crippen LogP contribution in [0.15, 0.2) is 60.1 Å². The van der Waals surface area contributed by atoms with Gasteiger partial charge in [0.1, 0.15) is 17.3 Å². The minimum absolute atomic E-state index is 0.468. The van der Waals surface area contributed by atoms with E-state index in [1.165, 1.54) is 21.4 Å². The van der Waals surface area contributed by atoms with Crippen LogP contribution < -0.4 is 9.47 Å². The largest absolute Gasteiger partial charge is 0.497 e. The molecule has 2 unspecified atom stereocenters. The maximum atomic E-state index is 6.28. The average molecular weight is 496 g/mol. The van der Waals surface area contributed by atoms with E-state index >= 15 is 0 Å². The summed E-state index contributed by atoms with van der Waals surface area (Å²) in [6.07, 6.45) is 2.89. The molecule has 0 saturated carbocycles. The van der Waals surface area contributed by atoms with E-state index in [1.54, 1.807) is 18.4 Å². The number of hydrogen-bond acceptors (Lipinski definition) is 6. The number of nitrogens with zero attached hydrogens (tertiary/aromatic N) is 3. The lowest BCUT2D eigenvalue weighted by molar-refractivity contribution is 0.221. The topological polar surface area (TPSA) is 57.1 Å². The van der Waals surface area contributed by atoms with Gasteiger partial charge >= 0.3 is 0 Å². The SMILES string of the molecule is COc1ccc2c(CC3CCOc4ccc(-c5ccc6ncsc6c5)cc4CC3C)nc(C)nc2c1. The highest BCUT2D eigenvalue weighted by atomic mass is 32.1. The van der Waals surface area contributed by atoms with Gasteiger partial charge in [-0.3, -0.25) is 0 Å². The Hall–Kier alpha value is -3.51. The van der Waals surface area contributed by atoms with Gasteiger partial charge in [-0.15, -0.1) is 11.3 Å². The second-order valence-corrected chi connectivity index (χ2v) is 10.6. The summed E-state index contributed by atoms with van der Waals surface area (Å²) in [5.74, 6) is 3.60. The van der Waals surface area contributed by atoms with E-state index in [4.69, 9.17) is 14.5 Å². The molecule has 1 aliphatic rings. The molecule has 0 N–H and O–H groups in total. The van der Waals surface area contributed by atoms with E-state index in [0.29, 0.717) is 18.4 Å². The summed E-state index contributed by atoms with van der Waals surface area (Å²) >= 11 is 1.68. The fraction of sp³-hybridized carbons (Fsp3) is 0.300. The first kappa shape index (κ1) is 22.9. The van der Waals surface area contributed by atoms with Crippen LogP contribution in [-0.4, -0.2) is 28.7 Å². The molecule has 0 aliphatic carbocycles. The lowest BCUT2D eigenvalue weighted by Crippen LogP contribution is -2.23. The summed E-state index contributed by atoms with van der Waals surface area (Å²) in [4.78, 5) is 13.9. The van der Waals surface area contributed by atoms with E-state index in [-0.39, 0.29) is 0 Å². The molecule has 0 amide bonds. The summed E-state index contributed by atoms with van der Waals surface area (Å²) in [5.41, 5.74) is 8.75. The minimum atomic E-state index is 0.468. The van der Waals surface area contributed by atoms with Crippen LogP contribution in [0, 0.1) is 18.8 Å². The molecule has 3 heterocycles. The van der Waals surface area contributed by atoms with Gasteiger partial charge in [0, 0.05) is 11.5 Å². The van der Waals surface area contributed by atoms with E-state index in [9.17, 15) is 0 Å². The Morgan fingerprint density at radius 2 is 1.86 bits per heavy atom. The highest BCUT2D eigenvalue weighted by Gasteiger charge is 2.24. The molecule has 0 fully saturated rings.